The number of rotatable bonds is 5. The molecule has 9 heteroatoms. The van der Waals surface area contributed by atoms with Gasteiger partial charge in [-0.25, -0.2) is 8.78 Å². The topological polar surface area (TPSA) is 40.1 Å². The number of aliphatic imine (C=N–C) groups is 1. The van der Waals surface area contributed by atoms with E-state index in [2.05, 4.69) is 23.4 Å². The van der Waals surface area contributed by atoms with E-state index in [-0.39, 0.29) is 34.5 Å². The summed E-state index contributed by atoms with van der Waals surface area (Å²) >= 11 is 1.88. The maximum atomic E-state index is 14.1. The van der Waals surface area contributed by atoms with E-state index in [4.69, 9.17) is 9.73 Å². The average Bonchev–Trinajstić information content (AvgIpc) is 2.74. The fourth-order valence-corrected chi connectivity index (χ4v) is 4.47. The molecule has 2 aliphatic heterocycles. The third-order valence-electron chi connectivity index (χ3n) is 5.52. The standard InChI is InChI=1S/C20H30F2N4OS.HI/c1-3-23-19(24-15-20(28-2)6-12-27-13-7-20)26-10-8-25(9-11-26)18-14-16(21)4-5-17(18)22;/h4-5,14H,3,6-13,15H2,1-2H3,(H,23,24);1H. The fourth-order valence-electron chi connectivity index (χ4n) is 3.70. The van der Waals surface area contributed by atoms with Gasteiger partial charge in [-0.15, -0.1) is 24.0 Å². The number of halogens is 3. The molecule has 0 atom stereocenters. The molecule has 2 heterocycles. The van der Waals surface area contributed by atoms with Crippen LogP contribution in [0.2, 0.25) is 0 Å². The van der Waals surface area contributed by atoms with Gasteiger partial charge in [-0.05, 0) is 38.2 Å². The predicted octanol–water partition coefficient (Wildman–Crippen LogP) is 3.58. The van der Waals surface area contributed by atoms with Gasteiger partial charge in [0.15, 0.2) is 5.96 Å². The van der Waals surface area contributed by atoms with E-state index >= 15 is 0 Å². The van der Waals surface area contributed by atoms with Gasteiger partial charge in [0.25, 0.3) is 0 Å². The third-order valence-corrected chi connectivity index (χ3v) is 6.92. The van der Waals surface area contributed by atoms with Gasteiger partial charge in [0, 0.05) is 56.8 Å². The van der Waals surface area contributed by atoms with Crippen molar-refractivity contribution in [2.24, 2.45) is 4.99 Å². The highest BCUT2D eigenvalue weighted by atomic mass is 127. The average molecular weight is 540 g/mol. The number of nitrogens with zero attached hydrogens (tertiary/aromatic N) is 3. The van der Waals surface area contributed by atoms with Crippen molar-refractivity contribution in [1.82, 2.24) is 10.2 Å². The van der Waals surface area contributed by atoms with Gasteiger partial charge in [-0.3, -0.25) is 4.99 Å². The normalized spacial score (nSPS) is 19.7. The monoisotopic (exact) mass is 540 g/mol. The number of piperazine rings is 1. The Labute approximate surface area is 193 Å². The van der Waals surface area contributed by atoms with Gasteiger partial charge < -0.3 is 19.9 Å². The molecule has 1 aromatic rings. The zero-order valence-corrected chi connectivity index (χ0v) is 20.3. The quantitative estimate of drug-likeness (QED) is 0.352. The van der Waals surface area contributed by atoms with Crippen LogP contribution >= 0.6 is 35.7 Å². The lowest BCUT2D eigenvalue weighted by Crippen LogP contribution is -2.53. The van der Waals surface area contributed by atoms with Crippen LogP contribution in [0.4, 0.5) is 14.5 Å². The van der Waals surface area contributed by atoms with Gasteiger partial charge >= 0.3 is 0 Å². The molecule has 2 saturated heterocycles. The Morgan fingerprint density at radius 2 is 1.90 bits per heavy atom. The van der Waals surface area contributed by atoms with E-state index in [1.54, 1.807) is 0 Å². The van der Waals surface area contributed by atoms with Gasteiger partial charge in [0.05, 0.1) is 12.2 Å². The van der Waals surface area contributed by atoms with Crippen LogP contribution in [-0.2, 0) is 4.74 Å². The summed E-state index contributed by atoms with van der Waals surface area (Å²) in [6.07, 6.45) is 4.19. The first-order chi connectivity index (χ1) is 13.6. The fraction of sp³-hybridized carbons (Fsp3) is 0.650. The molecular weight excluding hydrogens is 509 g/mol. The summed E-state index contributed by atoms with van der Waals surface area (Å²) in [6.45, 7) is 7.92. The Kier molecular flexibility index (Phi) is 9.74. The lowest BCUT2D eigenvalue weighted by molar-refractivity contribution is 0.0793. The van der Waals surface area contributed by atoms with E-state index < -0.39 is 5.82 Å². The first-order valence-corrected chi connectivity index (χ1v) is 11.2. The Hall–Kier alpha value is -0.810. The summed E-state index contributed by atoms with van der Waals surface area (Å²) in [5.41, 5.74) is 0.338. The number of ether oxygens (including phenoxy) is 1. The minimum absolute atomic E-state index is 0. The largest absolute Gasteiger partial charge is 0.381 e. The Morgan fingerprint density at radius 1 is 1.21 bits per heavy atom. The molecule has 0 spiro atoms. The molecule has 1 aromatic carbocycles. The van der Waals surface area contributed by atoms with Crippen molar-refractivity contribution in [3.63, 3.8) is 0 Å². The van der Waals surface area contributed by atoms with Crippen molar-refractivity contribution >= 4 is 47.4 Å². The van der Waals surface area contributed by atoms with Crippen LogP contribution in [0.5, 0.6) is 0 Å². The molecule has 2 fully saturated rings. The maximum Gasteiger partial charge on any atom is 0.194 e. The number of anilines is 1. The van der Waals surface area contributed by atoms with Crippen LogP contribution in [0.1, 0.15) is 19.8 Å². The number of guanidine groups is 1. The van der Waals surface area contributed by atoms with E-state index in [1.165, 1.54) is 12.1 Å². The molecule has 0 unspecified atom stereocenters. The van der Waals surface area contributed by atoms with Crippen LogP contribution in [0.15, 0.2) is 23.2 Å². The highest BCUT2D eigenvalue weighted by Crippen LogP contribution is 2.34. The van der Waals surface area contributed by atoms with Crippen LogP contribution in [-0.4, -0.2) is 74.3 Å². The molecule has 0 radical (unpaired) electrons. The molecule has 0 bridgehead atoms. The first kappa shape index (κ1) is 24.5. The summed E-state index contributed by atoms with van der Waals surface area (Å²) in [6, 6.07) is 3.62. The number of benzene rings is 1. The van der Waals surface area contributed by atoms with Crippen molar-refractivity contribution in [3.8, 4) is 0 Å². The van der Waals surface area contributed by atoms with Crippen molar-refractivity contribution in [2.45, 2.75) is 24.5 Å². The first-order valence-electron chi connectivity index (χ1n) is 9.93. The lowest BCUT2D eigenvalue weighted by Gasteiger charge is -2.39. The Bertz CT molecular complexity index is 680. The molecule has 0 saturated carbocycles. The molecule has 2 aliphatic rings. The minimum atomic E-state index is -0.410. The van der Waals surface area contributed by atoms with E-state index in [0.717, 1.165) is 64.3 Å². The maximum absolute atomic E-state index is 14.1. The van der Waals surface area contributed by atoms with Crippen LogP contribution < -0.4 is 10.2 Å². The predicted molar refractivity (Wildman–Crippen MR) is 128 cm³/mol. The SMILES string of the molecule is CCNC(=NCC1(SC)CCOCC1)N1CCN(c2cc(F)ccc2F)CC1.I. The molecule has 5 nitrogen and oxygen atoms in total. The molecule has 164 valence electrons. The van der Waals surface area contributed by atoms with Gasteiger partial charge in [0.1, 0.15) is 11.6 Å². The Balaban J connectivity index is 0.00000300. The zero-order chi connectivity index (χ0) is 20.0. The number of hydrogen-bond donors (Lipinski definition) is 1. The van der Waals surface area contributed by atoms with Gasteiger partial charge in [-0.1, -0.05) is 0 Å². The second-order valence-electron chi connectivity index (χ2n) is 7.24. The number of nitrogens with one attached hydrogen (secondary N) is 1. The van der Waals surface area contributed by atoms with Crippen molar-refractivity contribution in [1.29, 1.82) is 0 Å². The second-order valence-corrected chi connectivity index (χ2v) is 8.51. The van der Waals surface area contributed by atoms with Crippen LogP contribution in [0, 0.1) is 11.6 Å². The van der Waals surface area contributed by atoms with E-state index in [9.17, 15) is 8.78 Å². The minimum Gasteiger partial charge on any atom is -0.381 e. The van der Waals surface area contributed by atoms with Crippen molar-refractivity contribution < 1.29 is 13.5 Å². The van der Waals surface area contributed by atoms with Gasteiger partial charge in [0.2, 0.25) is 0 Å². The lowest BCUT2D eigenvalue weighted by atomic mass is 9.99. The summed E-state index contributed by atoms with van der Waals surface area (Å²) in [7, 11) is 0. The molecule has 0 aliphatic carbocycles. The highest BCUT2D eigenvalue weighted by Gasteiger charge is 2.32. The van der Waals surface area contributed by atoms with Crippen molar-refractivity contribution in [2.75, 3.05) is 63.6 Å². The van der Waals surface area contributed by atoms with Crippen LogP contribution in [0.25, 0.3) is 0 Å². The van der Waals surface area contributed by atoms with E-state index in [0.29, 0.717) is 18.8 Å². The molecule has 0 aromatic heterocycles. The number of thioether (sulfide) groups is 1. The van der Waals surface area contributed by atoms with E-state index in [1.807, 2.05) is 16.7 Å². The van der Waals surface area contributed by atoms with Gasteiger partial charge in [-0.2, -0.15) is 11.8 Å². The molecule has 3 rings (SSSR count). The molecule has 29 heavy (non-hydrogen) atoms. The second kappa shape index (κ2) is 11.5. The summed E-state index contributed by atoms with van der Waals surface area (Å²) in [5, 5.41) is 3.39. The van der Waals surface area contributed by atoms with Crippen molar-refractivity contribution in [3.05, 3.63) is 29.8 Å². The third kappa shape index (κ3) is 6.33. The highest BCUT2D eigenvalue weighted by molar-refractivity contribution is 14.0. The summed E-state index contributed by atoms with van der Waals surface area (Å²) in [5.74, 6) is 0.117. The summed E-state index contributed by atoms with van der Waals surface area (Å²) in [4.78, 5) is 9.05. The Morgan fingerprint density at radius 3 is 2.52 bits per heavy atom. The summed E-state index contributed by atoms with van der Waals surface area (Å²) < 4.78 is 33.2. The molecular formula is C20H31F2IN4OS. The zero-order valence-electron chi connectivity index (χ0n) is 17.1. The number of hydrogen-bond acceptors (Lipinski definition) is 4. The smallest absolute Gasteiger partial charge is 0.194 e. The van der Waals surface area contributed by atoms with Crippen LogP contribution in [0.3, 0.4) is 0 Å². The molecule has 1 N–H and O–H groups in total. The molecule has 0 amide bonds.